The fourth-order valence-electron chi connectivity index (χ4n) is 3.34. The first kappa shape index (κ1) is 18.1. The summed E-state index contributed by atoms with van der Waals surface area (Å²) < 4.78 is 11.4. The Morgan fingerprint density at radius 3 is 2.64 bits per heavy atom. The van der Waals surface area contributed by atoms with Crippen LogP contribution in [0.5, 0.6) is 0 Å². The highest BCUT2D eigenvalue weighted by Crippen LogP contribution is 2.18. The third-order valence-electron chi connectivity index (χ3n) is 4.91. The molecule has 134 valence electrons. The average molecular weight is 339 g/mol. The molecule has 0 radical (unpaired) electrons. The fraction of sp³-hybridized carbons (Fsp3) is 0.455. The zero-order valence-electron chi connectivity index (χ0n) is 15.3. The first-order valence-corrected chi connectivity index (χ1v) is 9.28. The third kappa shape index (κ3) is 5.40. The molecular weight excluding hydrogens is 310 g/mol. The summed E-state index contributed by atoms with van der Waals surface area (Å²) in [6.07, 6.45) is 2.36. The summed E-state index contributed by atoms with van der Waals surface area (Å²) in [4.78, 5) is 0. The molecular formula is C22H29NO2. The van der Waals surface area contributed by atoms with E-state index in [1.54, 1.807) is 0 Å². The summed E-state index contributed by atoms with van der Waals surface area (Å²) >= 11 is 0. The van der Waals surface area contributed by atoms with Gasteiger partial charge < -0.3 is 14.8 Å². The van der Waals surface area contributed by atoms with Crippen molar-refractivity contribution >= 4 is 0 Å². The molecule has 0 spiro atoms. The van der Waals surface area contributed by atoms with E-state index in [9.17, 15) is 0 Å². The lowest BCUT2D eigenvalue weighted by Crippen LogP contribution is -2.23. The Labute approximate surface area is 151 Å². The quantitative estimate of drug-likeness (QED) is 0.803. The number of benzene rings is 2. The smallest absolute Gasteiger partial charge is 0.0720 e. The number of hydrogen-bond donors (Lipinski definition) is 1. The first-order chi connectivity index (χ1) is 12.2. The van der Waals surface area contributed by atoms with Gasteiger partial charge in [-0.1, -0.05) is 48.5 Å². The summed E-state index contributed by atoms with van der Waals surface area (Å²) in [7, 11) is 0. The molecule has 1 fully saturated rings. The molecule has 0 amide bonds. The van der Waals surface area contributed by atoms with Gasteiger partial charge in [-0.15, -0.1) is 0 Å². The van der Waals surface area contributed by atoms with Crippen molar-refractivity contribution in [1.29, 1.82) is 0 Å². The lowest BCUT2D eigenvalue weighted by atomic mass is 10.0. The third-order valence-corrected chi connectivity index (χ3v) is 4.91. The summed E-state index contributed by atoms with van der Waals surface area (Å²) in [5.41, 5.74) is 5.24. The van der Waals surface area contributed by atoms with Gasteiger partial charge in [-0.2, -0.15) is 0 Å². The summed E-state index contributed by atoms with van der Waals surface area (Å²) in [5.74, 6) is 0. The van der Waals surface area contributed by atoms with Gasteiger partial charge in [0.25, 0.3) is 0 Å². The molecule has 2 aromatic rings. The second-order valence-electron chi connectivity index (χ2n) is 6.90. The monoisotopic (exact) mass is 339 g/mol. The van der Waals surface area contributed by atoms with Crippen LogP contribution < -0.4 is 5.32 Å². The summed E-state index contributed by atoms with van der Waals surface area (Å²) in [6.45, 7) is 7.59. The Bertz CT molecular complexity index is 665. The normalized spacial score (nSPS) is 16.7. The van der Waals surface area contributed by atoms with Crippen molar-refractivity contribution in [2.45, 2.75) is 52.0 Å². The van der Waals surface area contributed by atoms with Crippen LogP contribution in [0.15, 0.2) is 48.5 Å². The molecule has 0 unspecified atom stereocenters. The van der Waals surface area contributed by atoms with Crippen LogP contribution in [0, 0.1) is 6.92 Å². The number of hydrogen-bond acceptors (Lipinski definition) is 3. The van der Waals surface area contributed by atoms with Gasteiger partial charge in [0.2, 0.25) is 0 Å². The van der Waals surface area contributed by atoms with E-state index in [-0.39, 0.29) is 0 Å². The fourth-order valence-corrected chi connectivity index (χ4v) is 3.34. The molecule has 3 rings (SSSR count). The van der Waals surface area contributed by atoms with E-state index in [1.807, 2.05) is 0 Å². The molecule has 2 aromatic carbocycles. The van der Waals surface area contributed by atoms with Gasteiger partial charge in [-0.25, -0.2) is 0 Å². The van der Waals surface area contributed by atoms with Gasteiger partial charge in [0.15, 0.2) is 0 Å². The van der Waals surface area contributed by atoms with Crippen molar-refractivity contribution < 1.29 is 9.47 Å². The molecule has 3 heteroatoms. The molecule has 1 atom stereocenters. The van der Waals surface area contributed by atoms with E-state index in [2.05, 4.69) is 67.7 Å². The van der Waals surface area contributed by atoms with E-state index < -0.39 is 0 Å². The minimum Gasteiger partial charge on any atom is -0.381 e. The molecule has 0 saturated carbocycles. The van der Waals surface area contributed by atoms with Crippen LogP contribution in [0.4, 0.5) is 0 Å². The molecule has 1 saturated heterocycles. The standard InChI is InChI=1S/C22H29NO2/c1-17-6-3-4-9-22(17)18(2)23-15-19-7-5-8-20(14-19)16-25-21-10-12-24-13-11-21/h3-9,14,18,21,23H,10-13,15-16H2,1-2H3/t18-/m1/s1. The molecule has 25 heavy (non-hydrogen) atoms. The van der Waals surface area contributed by atoms with E-state index in [0.29, 0.717) is 18.8 Å². The lowest BCUT2D eigenvalue weighted by Gasteiger charge is -2.22. The maximum Gasteiger partial charge on any atom is 0.0720 e. The average Bonchev–Trinajstić information content (AvgIpc) is 2.66. The Morgan fingerprint density at radius 1 is 1.08 bits per heavy atom. The second-order valence-corrected chi connectivity index (χ2v) is 6.90. The molecule has 0 aliphatic carbocycles. The second kappa shape index (κ2) is 9.14. The van der Waals surface area contributed by atoms with E-state index in [0.717, 1.165) is 32.6 Å². The number of aryl methyl sites for hydroxylation is 1. The molecule has 3 nitrogen and oxygen atoms in total. The van der Waals surface area contributed by atoms with Crippen LogP contribution in [0.25, 0.3) is 0 Å². The zero-order chi connectivity index (χ0) is 17.5. The van der Waals surface area contributed by atoms with Crippen molar-refractivity contribution in [1.82, 2.24) is 5.32 Å². The molecule has 1 heterocycles. The van der Waals surface area contributed by atoms with Crippen molar-refractivity contribution in [3.63, 3.8) is 0 Å². The van der Waals surface area contributed by atoms with Crippen LogP contribution in [-0.2, 0) is 22.6 Å². The van der Waals surface area contributed by atoms with Crippen molar-refractivity contribution in [2.24, 2.45) is 0 Å². The van der Waals surface area contributed by atoms with Crippen LogP contribution in [0.2, 0.25) is 0 Å². The highest BCUT2D eigenvalue weighted by atomic mass is 16.5. The van der Waals surface area contributed by atoms with E-state index in [1.165, 1.54) is 22.3 Å². The van der Waals surface area contributed by atoms with E-state index >= 15 is 0 Å². The largest absolute Gasteiger partial charge is 0.381 e. The zero-order valence-corrected chi connectivity index (χ0v) is 15.3. The maximum atomic E-state index is 6.03. The van der Waals surface area contributed by atoms with Gasteiger partial charge in [-0.3, -0.25) is 0 Å². The van der Waals surface area contributed by atoms with Crippen LogP contribution in [0.1, 0.15) is 48.1 Å². The minimum atomic E-state index is 0.336. The van der Waals surface area contributed by atoms with Gasteiger partial charge in [0.1, 0.15) is 0 Å². The van der Waals surface area contributed by atoms with E-state index in [4.69, 9.17) is 9.47 Å². The highest BCUT2D eigenvalue weighted by molar-refractivity contribution is 5.29. The predicted molar refractivity (Wildman–Crippen MR) is 102 cm³/mol. The highest BCUT2D eigenvalue weighted by Gasteiger charge is 2.14. The van der Waals surface area contributed by atoms with Gasteiger partial charge >= 0.3 is 0 Å². The van der Waals surface area contributed by atoms with Crippen LogP contribution in [0.3, 0.4) is 0 Å². The number of nitrogens with one attached hydrogen (secondary N) is 1. The van der Waals surface area contributed by atoms with Crippen molar-refractivity contribution in [2.75, 3.05) is 13.2 Å². The van der Waals surface area contributed by atoms with Crippen LogP contribution >= 0.6 is 0 Å². The molecule has 1 N–H and O–H groups in total. The van der Waals surface area contributed by atoms with Crippen molar-refractivity contribution in [3.8, 4) is 0 Å². The Balaban J connectivity index is 1.52. The van der Waals surface area contributed by atoms with Crippen LogP contribution in [-0.4, -0.2) is 19.3 Å². The Hall–Kier alpha value is -1.68. The maximum absolute atomic E-state index is 6.03. The van der Waals surface area contributed by atoms with Crippen molar-refractivity contribution in [3.05, 3.63) is 70.8 Å². The Morgan fingerprint density at radius 2 is 1.84 bits per heavy atom. The first-order valence-electron chi connectivity index (χ1n) is 9.28. The van der Waals surface area contributed by atoms with Gasteiger partial charge in [0.05, 0.1) is 12.7 Å². The SMILES string of the molecule is Cc1ccccc1[C@@H](C)NCc1cccc(COC2CCOCC2)c1. The molecule has 1 aliphatic heterocycles. The predicted octanol–water partition coefficient (Wildman–Crippen LogP) is 4.54. The number of rotatable bonds is 7. The number of ether oxygens (including phenoxy) is 2. The molecule has 0 bridgehead atoms. The topological polar surface area (TPSA) is 30.5 Å². The Kier molecular flexibility index (Phi) is 6.62. The summed E-state index contributed by atoms with van der Waals surface area (Å²) in [5, 5.41) is 3.63. The summed E-state index contributed by atoms with van der Waals surface area (Å²) in [6, 6.07) is 17.6. The minimum absolute atomic E-state index is 0.336. The van der Waals surface area contributed by atoms with Gasteiger partial charge in [-0.05, 0) is 48.9 Å². The lowest BCUT2D eigenvalue weighted by molar-refractivity contribution is -0.0390. The molecule has 1 aliphatic rings. The van der Waals surface area contributed by atoms with Gasteiger partial charge in [0, 0.05) is 25.8 Å². The molecule has 0 aromatic heterocycles.